The minimum atomic E-state index is -0.469. The average Bonchev–Trinajstić information content (AvgIpc) is 2.70. The summed E-state index contributed by atoms with van der Waals surface area (Å²) < 4.78 is 0. The molecule has 1 aromatic rings. The van der Waals surface area contributed by atoms with Crippen LogP contribution in [-0.2, 0) is 16.1 Å². The van der Waals surface area contributed by atoms with Crippen molar-refractivity contribution in [3.05, 3.63) is 21.9 Å². The largest absolute Gasteiger partial charge is 0.347 e. The molecule has 0 aliphatic rings. The van der Waals surface area contributed by atoms with Gasteiger partial charge in [0.1, 0.15) is 0 Å². The van der Waals surface area contributed by atoms with Crippen molar-refractivity contribution in [1.29, 1.82) is 0 Å². The summed E-state index contributed by atoms with van der Waals surface area (Å²) in [5, 5.41) is 4.69. The van der Waals surface area contributed by atoms with Crippen LogP contribution in [0.4, 0.5) is 0 Å². The lowest BCUT2D eigenvalue weighted by molar-refractivity contribution is -0.134. The molecule has 5 heteroatoms. The molecule has 106 valence electrons. The highest BCUT2D eigenvalue weighted by Gasteiger charge is 2.22. The van der Waals surface area contributed by atoms with Crippen molar-refractivity contribution < 1.29 is 9.59 Å². The van der Waals surface area contributed by atoms with Gasteiger partial charge in [0.15, 0.2) is 0 Å². The first-order chi connectivity index (χ1) is 8.71. The minimum Gasteiger partial charge on any atom is -0.347 e. The summed E-state index contributed by atoms with van der Waals surface area (Å²) in [6, 6.07) is 2.04. The molecule has 0 unspecified atom stereocenters. The molecule has 4 nitrogen and oxygen atoms in total. The molecule has 1 N–H and O–H groups in total. The smallest absolute Gasteiger partial charge is 0.242 e. The molecular weight excluding hydrogens is 260 g/mol. The van der Waals surface area contributed by atoms with Crippen LogP contribution in [0.1, 0.15) is 31.2 Å². The number of carbonyl (C=O) groups excluding carboxylic acids is 2. The van der Waals surface area contributed by atoms with E-state index in [1.807, 2.05) is 39.1 Å². The van der Waals surface area contributed by atoms with Crippen molar-refractivity contribution in [2.24, 2.45) is 5.41 Å². The highest BCUT2D eigenvalue weighted by Crippen LogP contribution is 2.17. The Morgan fingerprint density at radius 2 is 2.00 bits per heavy atom. The van der Waals surface area contributed by atoms with E-state index in [4.69, 9.17) is 0 Å². The fourth-order valence-electron chi connectivity index (χ4n) is 1.43. The second kappa shape index (κ2) is 6.19. The van der Waals surface area contributed by atoms with Crippen LogP contribution in [0.2, 0.25) is 0 Å². The number of thiophene rings is 1. The topological polar surface area (TPSA) is 49.4 Å². The third-order valence-electron chi connectivity index (χ3n) is 2.86. The van der Waals surface area contributed by atoms with Crippen LogP contribution < -0.4 is 5.32 Å². The zero-order valence-electron chi connectivity index (χ0n) is 12.2. The minimum absolute atomic E-state index is 0.0526. The number of rotatable bonds is 4. The zero-order chi connectivity index (χ0) is 14.6. The van der Waals surface area contributed by atoms with Gasteiger partial charge in [0.2, 0.25) is 11.8 Å². The third-order valence-corrected chi connectivity index (χ3v) is 3.86. The van der Waals surface area contributed by atoms with E-state index < -0.39 is 5.41 Å². The summed E-state index contributed by atoms with van der Waals surface area (Å²) in [6.45, 7) is 8.15. The van der Waals surface area contributed by atoms with E-state index in [0.717, 1.165) is 0 Å². The van der Waals surface area contributed by atoms with Crippen LogP contribution in [0, 0.1) is 12.3 Å². The standard InChI is InChI=1S/C14H22N2O2S/c1-10-6-7-19-11(10)9-16(5)12(17)8-15-13(18)14(2,3)4/h6-7H,8-9H2,1-5H3,(H,15,18). The van der Waals surface area contributed by atoms with Gasteiger partial charge in [0, 0.05) is 17.3 Å². The second-order valence-corrected chi connectivity index (χ2v) is 6.71. The summed E-state index contributed by atoms with van der Waals surface area (Å²) in [4.78, 5) is 26.4. The first kappa shape index (κ1) is 15.7. The van der Waals surface area contributed by atoms with Crippen molar-refractivity contribution in [3.8, 4) is 0 Å². The second-order valence-electron chi connectivity index (χ2n) is 5.71. The summed E-state index contributed by atoms with van der Waals surface area (Å²) in [7, 11) is 1.75. The van der Waals surface area contributed by atoms with Gasteiger partial charge in [-0.05, 0) is 23.9 Å². The fourth-order valence-corrected chi connectivity index (χ4v) is 2.38. The van der Waals surface area contributed by atoms with Crippen molar-refractivity contribution in [3.63, 3.8) is 0 Å². The SMILES string of the molecule is Cc1ccsc1CN(C)C(=O)CNC(=O)C(C)(C)C. The van der Waals surface area contributed by atoms with Gasteiger partial charge >= 0.3 is 0 Å². The van der Waals surface area contributed by atoms with E-state index in [0.29, 0.717) is 6.54 Å². The van der Waals surface area contributed by atoms with Gasteiger partial charge in [0.05, 0.1) is 13.1 Å². The van der Waals surface area contributed by atoms with E-state index in [1.54, 1.807) is 23.3 Å². The Morgan fingerprint density at radius 1 is 1.37 bits per heavy atom. The number of aryl methyl sites for hydroxylation is 1. The molecule has 0 aliphatic heterocycles. The van der Waals surface area contributed by atoms with Gasteiger partial charge in [0.25, 0.3) is 0 Å². The fraction of sp³-hybridized carbons (Fsp3) is 0.571. The molecule has 0 bridgehead atoms. The van der Waals surface area contributed by atoms with Gasteiger partial charge in [-0.25, -0.2) is 0 Å². The summed E-state index contributed by atoms with van der Waals surface area (Å²) >= 11 is 1.64. The highest BCUT2D eigenvalue weighted by atomic mass is 32.1. The number of likely N-dealkylation sites (N-methyl/N-ethyl adjacent to an activating group) is 1. The Hall–Kier alpha value is -1.36. The lowest BCUT2D eigenvalue weighted by Gasteiger charge is -2.20. The van der Waals surface area contributed by atoms with Crippen LogP contribution in [0.15, 0.2) is 11.4 Å². The molecule has 1 aromatic heterocycles. The summed E-state index contributed by atoms with van der Waals surface area (Å²) in [6.07, 6.45) is 0. The number of nitrogens with zero attached hydrogens (tertiary/aromatic N) is 1. The molecule has 0 fully saturated rings. The number of amides is 2. The van der Waals surface area contributed by atoms with E-state index in [-0.39, 0.29) is 18.4 Å². The van der Waals surface area contributed by atoms with E-state index in [1.165, 1.54) is 10.4 Å². The van der Waals surface area contributed by atoms with E-state index in [9.17, 15) is 9.59 Å². The molecule has 0 aliphatic carbocycles. The van der Waals surface area contributed by atoms with Crippen molar-refractivity contribution in [1.82, 2.24) is 10.2 Å². The Morgan fingerprint density at radius 3 is 2.47 bits per heavy atom. The van der Waals surface area contributed by atoms with Crippen LogP contribution in [0.3, 0.4) is 0 Å². The van der Waals surface area contributed by atoms with Gasteiger partial charge in [-0.3, -0.25) is 9.59 Å². The lowest BCUT2D eigenvalue weighted by Crippen LogP contribution is -2.42. The monoisotopic (exact) mass is 282 g/mol. The van der Waals surface area contributed by atoms with E-state index in [2.05, 4.69) is 5.32 Å². The molecule has 0 atom stereocenters. The van der Waals surface area contributed by atoms with E-state index >= 15 is 0 Å². The Balaban J connectivity index is 2.46. The van der Waals surface area contributed by atoms with Crippen LogP contribution in [0.25, 0.3) is 0 Å². The molecule has 0 radical (unpaired) electrons. The van der Waals surface area contributed by atoms with Crippen LogP contribution in [0.5, 0.6) is 0 Å². The lowest BCUT2D eigenvalue weighted by atomic mass is 9.96. The highest BCUT2D eigenvalue weighted by molar-refractivity contribution is 7.10. The number of nitrogens with one attached hydrogen (secondary N) is 1. The molecule has 0 spiro atoms. The summed E-state index contributed by atoms with van der Waals surface area (Å²) in [5.74, 6) is -0.188. The molecule has 1 rings (SSSR count). The van der Waals surface area contributed by atoms with Crippen molar-refractivity contribution in [2.75, 3.05) is 13.6 Å². The Labute approximate surface area is 118 Å². The molecule has 19 heavy (non-hydrogen) atoms. The van der Waals surface area contributed by atoms with Crippen molar-refractivity contribution >= 4 is 23.2 Å². The first-order valence-corrected chi connectivity index (χ1v) is 7.15. The predicted molar refractivity (Wildman–Crippen MR) is 78.0 cm³/mol. The van der Waals surface area contributed by atoms with Gasteiger partial charge in [-0.15, -0.1) is 11.3 Å². The normalized spacial score (nSPS) is 11.2. The Bertz CT molecular complexity index is 460. The van der Waals surface area contributed by atoms with Crippen LogP contribution >= 0.6 is 11.3 Å². The predicted octanol–water partition coefficient (Wildman–Crippen LogP) is 2.18. The summed E-state index contributed by atoms with van der Waals surface area (Å²) in [5.41, 5.74) is 0.729. The maximum absolute atomic E-state index is 11.9. The number of hydrogen-bond donors (Lipinski definition) is 1. The average molecular weight is 282 g/mol. The molecule has 2 amide bonds. The first-order valence-electron chi connectivity index (χ1n) is 6.27. The molecule has 0 aromatic carbocycles. The van der Waals surface area contributed by atoms with Crippen molar-refractivity contribution in [2.45, 2.75) is 34.2 Å². The Kier molecular flexibility index (Phi) is 5.11. The maximum atomic E-state index is 11.9. The molecule has 1 heterocycles. The molecular formula is C14H22N2O2S. The third kappa shape index (κ3) is 4.67. The quantitative estimate of drug-likeness (QED) is 0.920. The molecule has 0 saturated carbocycles. The van der Waals surface area contributed by atoms with Gasteiger partial charge < -0.3 is 10.2 Å². The van der Waals surface area contributed by atoms with Crippen LogP contribution in [-0.4, -0.2) is 30.3 Å². The van der Waals surface area contributed by atoms with Gasteiger partial charge in [-0.2, -0.15) is 0 Å². The number of carbonyl (C=O) groups is 2. The molecule has 0 saturated heterocycles. The zero-order valence-corrected chi connectivity index (χ0v) is 13.1. The maximum Gasteiger partial charge on any atom is 0.242 e. The number of hydrogen-bond acceptors (Lipinski definition) is 3. The van der Waals surface area contributed by atoms with Gasteiger partial charge in [-0.1, -0.05) is 20.8 Å².